The van der Waals surface area contributed by atoms with E-state index in [0.29, 0.717) is 19.4 Å². The van der Waals surface area contributed by atoms with Crippen LogP contribution in [-0.2, 0) is 17.8 Å². The number of hydrogen-bond donors (Lipinski definition) is 1. The molecule has 0 atom stereocenters. The normalized spacial score (nSPS) is 11.8. The van der Waals surface area contributed by atoms with Crippen molar-refractivity contribution < 1.29 is 9.90 Å². The number of rotatable bonds is 5. The standard InChI is InChI=1S/C11H19N3O2/c1-11(2,3)10(16)5-4-9-8-12-13-14(9)6-7-15/h8,15H,4-7H2,1-3H3. The zero-order valence-corrected chi connectivity index (χ0v) is 10.1. The van der Waals surface area contributed by atoms with Gasteiger partial charge in [-0.1, -0.05) is 26.0 Å². The summed E-state index contributed by atoms with van der Waals surface area (Å²) in [5.41, 5.74) is 0.599. The van der Waals surface area contributed by atoms with Gasteiger partial charge in [-0.15, -0.1) is 5.10 Å². The summed E-state index contributed by atoms with van der Waals surface area (Å²) >= 11 is 0. The van der Waals surface area contributed by atoms with Gasteiger partial charge < -0.3 is 5.11 Å². The monoisotopic (exact) mass is 225 g/mol. The first-order valence-corrected chi connectivity index (χ1v) is 5.46. The Balaban J connectivity index is 2.54. The van der Waals surface area contributed by atoms with Crippen LogP contribution in [0.3, 0.4) is 0 Å². The number of nitrogens with zero attached hydrogens (tertiary/aromatic N) is 3. The molecule has 1 aromatic rings. The van der Waals surface area contributed by atoms with E-state index in [0.717, 1.165) is 5.69 Å². The largest absolute Gasteiger partial charge is 0.394 e. The van der Waals surface area contributed by atoms with Gasteiger partial charge in [-0.2, -0.15) is 0 Å². The molecule has 0 aliphatic carbocycles. The molecule has 1 rings (SSSR count). The molecule has 0 amide bonds. The molecule has 1 aromatic heterocycles. The van der Waals surface area contributed by atoms with Crippen molar-refractivity contribution in [3.05, 3.63) is 11.9 Å². The van der Waals surface area contributed by atoms with Crippen LogP contribution in [0.5, 0.6) is 0 Å². The average Bonchev–Trinajstić information content (AvgIpc) is 2.61. The molecule has 5 nitrogen and oxygen atoms in total. The maximum Gasteiger partial charge on any atom is 0.138 e. The first-order valence-electron chi connectivity index (χ1n) is 5.46. The quantitative estimate of drug-likeness (QED) is 0.805. The average molecular weight is 225 g/mol. The molecule has 90 valence electrons. The molecule has 0 aliphatic rings. The van der Waals surface area contributed by atoms with Crippen molar-refractivity contribution in [2.75, 3.05) is 6.61 Å². The van der Waals surface area contributed by atoms with E-state index in [2.05, 4.69) is 10.3 Å². The van der Waals surface area contributed by atoms with Gasteiger partial charge in [0.2, 0.25) is 0 Å². The first kappa shape index (κ1) is 12.8. The van der Waals surface area contributed by atoms with Crippen molar-refractivity contribution in [1.29, 1.82) is 0 Å². The van der Waals surface area contributed by atoms with Gasteiger partial charge in [-0.25, -0.2) is 4.68 Å². The van der Waals surface area contributed by atoms with Gasteiger partial charge in [0.25, 0.3) is 0 Å². The number of aliphatic hydroxyl groups is 1. The molecule has 16 heavy (non-hydrogen) atoms. The molecule has 1 N–H and O–H groups in total. The minimum Gasteiger partial charge on any atom is -0.394 e. The van der Waals surface area contributed by atoms with E-state index in [9.17, 15) is 4.79 Å². The van der Waals surface area contributed by atoms with Crippen LogP contribution in [0.1, 0.15) is 32.9 Å². The highest BCUT2D eigenvalue weighted by Crippen LogP contribution is 2.17. The second-order valence-electron chi connectivity index (χ2n) is 4.85. The lowest BCUT2D eigenvalue weighted by atomic mass is 9.88. The third-order valence-corrected chi connectivity index (χ3v) is 2.45. The Morgan fingerprint density at radius 1 is 1.50 bits per heavy atom. The van der Waals surface area contributed by atoms with Gasteiger partial charge >= 0.3 is 0 Å². The SMILES string of the molecule is CC(C)(C)C(=O)CCc1cnnn1CCO. The Morgan fingerprint density at radius 2 is 2.19 bits per heavy atom. The molecule has 1 heterocycles. The maximum absolute atomic E-state index is 11.7. The van der Waals surface area contributed by atoms with Gasteiger partial charge in [-0.3, -0.25) is 4.79 Å². The van der Waals surface area contributed by atoms with E-state index < -0.39 is 0 Å². The zero-order chi connectivity index (χ0) is 12.2. The molecular weight excluding hydrogens is 206 g/mol. The van der Waals surface area contributed by atoms with E-state index in [-0.39, 0.29) is 17.8 Å². The highest BCUT2D eigenvalue weighted by molar-refractivity contribution is 5.83. The molecule has 0 saturated carbocycles. The predicted octanol–water partition coefficient (Wildman–Crippen LogP) is 0.818. The number of aliphatic hydroxyl groups excluding tert-OH is 1. The van der Waals surface area contributed by atoms with Crippen molar-refractivity contribution >= 4 is 5.78 Å². The summed E-state index contributed by atoms with van der Waals surface area (Å²) in [5, 5.41) is 16.4. The summed E-state index contributed by atoms with van der Waals surface area (Å²) in [4.78, 5) is 11.7. The van der Waals surface area contributed by atoms with Crippen LogP contribution in [0.15, 0.2) is 6.20 Å². The number of carbonyl (C=O) groups is 1. The number of aryl methyl sites for hydroxylation is 1. The summed E-state index contributed by atoms with van der Waals surface area (Å²) in [6.45, 7) is 6.21. The molecule has 0 radical (unpaired) electrons. The van der Waals surface area contributed by atoms with Crippen LogP contribution >= 0.6 is 0 Å². The van der Waals surface area contributed by atoms with Crippen LogP contribution in [-0.4, -0.2) is 32.5 Å². The number of hydrogen-bond acceptors (Lipinski definition) is 4. The lowest BCUT2D eigenvalue weighted by molar-refractivity contribution is -0.126. The summed E-state index contributed by atoms with van der Waals surface area (Å²) in [7, 11) is 0. The molecule has 0 bridgehead atoms. The Kier molecular flexibility index (Phi) is 4.18. The van der Waals surface area contributed by atoms with Gasteiger partial charge in [0, 0.05) is 11.8 Å². The topological polar surface area (TPSA) is 68.0 Å². The fourth-order valence-corrected chi connectivity index (χ4v) is 1.37. The Morgan fingerprint density at radius 3 is 2.75 bits per heavy atom. The van der Waals surface area contributed by atoms with Crippen LogP contribution < -0.4 is 0 Å². The Bertz CT molecular complexity index is 352. The third kappa shape index (κ3) is 3.41. The highest BCUT2D eigenvalue weighted by Gasteiger charge is 2.21. The van der Waals surface area contributed by atoms with Crippen molar-refractivity contribution in [1.82, 2.24) is 15.0 Å². The lowest BCUT2D eigenvalue weighted by Crippen LogP contribution is -2.21. The van der Waals surface area contributed by atoms with E-state index in [1.807, 2.05) is 20.8 Å². The van der Waals surface area contributed by atoms with Crippen LogP contribution in [0.4, 0.5) is 0 Å². The predicted molar refractivity (Wildman–Crippen MR) is 59.9 cm³/mol. The smallest absolute Gasteiger partial charge is 0.138 e. The molecule has 0 spiro atoms. The van der Waals surface area contributed by atoms with Crippen molar-refractivity contribution in [2.45, 2.75) is 40.2 Å². The summed E-state index contributed by atoms with van der Waals surface area (Å²) in [5.74, 6) is 0.226. The van der Waals surface area contributed by atoms with Gasteiger partial charge in [0.05, 0.1) is 25.0 Å². The number of aromatic nitrogens is 3. The molecule has 0 aliphatic heterocycles. The van der Waals surface area contributed by atoms with E-state index in [1.54, 1.807) is 10.9 Å². The van der Waals surface area contributed by atoms with Crippen LogP contribution in [0.25, 0.3) is 0 Å². The zero-order valence-electron chi connectivity index (χ0n) is 10.1. The van der Waals surface area contributed by atoms with Crippen molar-refractivity contribution in [3.63, 3.8) is 0 Å². The fourth-order valence-electron chi connectivity index (χ4n) is 1.37. The third-order valence-electron chi connectivity index (χ3n) is 2.45. The molecule has 0 fully saturated rings. The number of Topliss-reactive ketones (excluding diaryl/α,β-unsaturated/α-hetero) is 1. The second-order valence-corrected chi connectivity index (χ2v) is 4.85. The molecule has 0 unspecified atom stereocenters. The van der Waals surface area contributed by atoms with Crippen molar-refractivity contribution in [3.8, 4) is 0 Å². The molecule has 5 heteroatoms. The van der Waals surface area contributed by atoms with Crippen molar-refractivity contribution in [2.24, 2.45) is 5.41 Å². The molecule has 0 aromatic carbocycles. The van der Waals surface area contributed by atoms with E-state index >= 15 is 0 Å². The van der Waals surface area contributed by atoms with Gasteiger partial charge in [0.15, 0.2) is 0 Å². The summed E-state index contributed by atoms with van der Waals surface area (Å²) in [6.07, 6.45) is 2.76. The van der Waals surface area contributed by atoms with E-state index in [1.165, 1.54) is 0 Å². The molecule has 0 saturated heterocycles. The molecular formula is C11H19N3O2. The maximum atomic E-state index is 11.7. The Hall–Kier alpha value is -1.23. The summed E-state index contributed by atoms with van der Waals surface area (Å²) < 4.78 is 1.63. The highest BCUT2D eigenvalue weighted by atomic mass is 16.3. The van der Waals surface area contributed by atoms with E-state index in [4.69, 9.17) is 5.11 Å². The number of ketones is 1. The van der Waals surface area contributed by atoms with Crippen LogP contribution in [0.2, 0.25) is 0 Å². The fraction of sp³-hybridized carbons (Fsp3) is 0.727. The minimum absolute atomic E-state index is 0.0313. The minimum atomic E-state index is -0.296. The summed E-state index contributed by atoms with van der Waals surface area (Å²) in [6, 6.07) is 0. The lowest BCUT2D eigenvalue weighted by Gasteiger charge is -2.16. The first-order chi connectivity index (χ1) is 7.45. The Labute approximate surface area is 95.5 Å². The van der Waals surface area contributed by atoms with Crippen LogP contribution in [0, 0.1) is 5.41 Å². The second kappa shape index (κ2) is 5.21. The van der Waals surface area contributed by atoms with Gasteiger partial charge in [-0.05, 0) is 6.42 Å². The van der Waals surface area contributed by atoms with Gasteiger partial charge in [0.1, 0.15) is 5.78 Å². The number of carbonyl (C=O) groups excluding carboxylic acids is 1.